The molecular formula is C20H19BrN2O4. The molecule has 140 valence electrons. The van der Waals surface area contributed by atoms with Gasteiger partial charge in [0.1, 0.15) is 18.2 Å². The second-order valence-corrected chi connectivity index (χ2v) is 6.97. The topological polar surface area (TPSA) is 81.3 Å². The molecule has 0 bridgehead atoms. The molecule has 0 atom stereocenters. The van der Waals surface area contributed by atoms with Crippen LogP contribution in [0, 0.1) is 6.92 Å². The summed E-state index contributed by atoms with van der Waals surface area (Å²) in [5.74, 6) is 0.715. The van der Waals surface area contributed by atoms with Gasteiger partial charge in [-0.15, -0.1) is 0 Å². The maximum Gasteiger partial charge on any atom is 0.306 e. The molecule has 1 aromatic heterocycles. The van der Waals surface area contributed by atoms with Crippen molar-refractivity contribution in [3.05, 3.63) is 68.7 Å². The van der Waals surface area contributed by atoms with Crippen LogP contribution in [-0.4, -0.2) is 22.5 Å². The van der Waals surface area contributed by atoms with Gasteiger partial charge in [0.05, 0.1) is 17.5 Å². The number of halogens is 1. The first kappa shape index (κ1) is 19.1. The van der Waals surface area contributed by atoms with Gasteiger partial charge >= 0.3 is 5.97 Å². The molecule has 3 aromatic rings. The van der Waals surface area contributed by atoms with Gasteiger partial charge in [0.25, 0.3) is 5.56 Å². The SMILES string of the molecule is Cc1cccc2c(=O)[nH]c(COC(=O)CCCOc3cccc(Br)c3)nc12. The van der Waals surface area contributed by atoms with Gasteiger partial charge in [-0.25, -0.2) is 4.98 Å². The largest absolute Gasteiger partial charge is 0.494 e. The average Bonchev–Trinajstić information content (AvgIpc) is 2.64. The molecule has 2 aromatic carbocycles. The summed E-state index contributed by atoms with van der Waals surface area (Å²) in [5.41, 5.74) is 1.28. The Morgan fingerprint density at radius 1 is 1.22 bits per heavy atom. The molecule has 1 heterocycles. The molecule has 0 fully saturated rings. The van der Waals surface area contributed by atoms with E-state index in [1.165, 1.54) is 0 Å². The molecule has 0 spiro atoms. The summed E-state index contributed by atoms with van der Waals surface area (Å²) in [6, 6.07) is 12.9. The summed E-state index contributed by atoms with van der Waals surface area (Å²) >= 11 is 3.38. The molecule has 0 unspecified atom stereocenters. The zero-order valence-electron chi connectivity index (χ0n) is 14.8. The lowest BCUT2D eigenvalue weighted by Crippen LogP contribution is -2.15. The van der Waals surface area contributed by atoms with E-state index in [1.807, 2.05) is 43.3 Å². The number of para-hydroxylation sites is 1. The molecule has 7 heteroatoms. The number of fused-ring (bicyclic) bond motifs is 1. The van der Waals surface area contributed by atoms with Crippen LogP contribution in [0.3, 0.4) is 0 Å². The van der Waals surface area contributed by atoms with Crippen molar-refractivity contribution >= 4 is 32.8 Å². The van der Waals surface area contributed by atoms with Gasteiger partial charge in [0, 0.05) is 10.9 Å². The number of benzene rings is 2. The predicted molar refractivity (Wildman–Crippen MR) is 106 cm³/mol. The Labute approximate surface area is 164 Å². The lowest BCUT2D eigenvalue weighted by Gasteiger charge is -2.08. The minimum Gasteiger partial charge on any atom is -0.494 e. The highest BCUT2D eigenvalue weighted by molar-refractivity contribution is 9.10. The monoisotopic (exact) mass is 430 g/mol. The summed E-state index contributed by atoms with van der Waals surface area (Å²) in [6.07, 6.45) is 0.761. The van der Waals surface area contributed by atoms with Crippen molar-refractivity contribution in [3.8, 4) is 5.75 Å². The van der Waals surface area contributed by atoms with Gasteiger partial charge in [-0.3, -0.25) is 9.59 Å². The first-order valence-electron chi connectivity index (χ1n) is 8.55. The normalized spacial score (nSPS) is 10.7. The van der Waals surface area contributed by atoms with Gasteiger partial charge in [0.15, 0.2) is 0 Å². The molecule has 27 heavy (non-hydrogen) atoms. The van der Waals surface area contributed by atoms with E-state index in [1.54, 1.807) is 6.07 Å². The van der Waals surface area contributed by atoms with Crippen LogP contribution in [0.4, 0.5) is 0 Å². The Kier molecular flexibility index (Phi) is 6.24. The van der Waals surface area contributed by atoms with Crippen LogP contribution in [0.1, 0.15) is 24.2 Å². The molecule has 3 rings (SSSR count). The van der Waals surface area contributed by atoms with Gasteiger partial charge in [0.2, 0.25) is 0 Å². The average molecular weight is 431 g/mol. The van der Waals surface area contributed by atoms with E-state index in [2.05, 4.69) is 25.9 Å². The maximum atomic E-state index is 12.1. The highest BCUT2D eigenvalue weighted by Gasteiger charge is 2.09. The van der Waals surface area contributed by atoms with Gasteiger partial charge < -0.3 is 14.5 Å². The van der Waals surface area contributed by atoms with Crippen LogP contribution in [0.2, 0.25) is 0 Å². The Morgan fingerprint density at radius 3 is 2.85 bits per heavy atom. The molecule has 0 saturated carbocycles. The highest BCUT2D eigenvalue weighted by Crippen LogP contribution is 2.18. The number of aromatic amines is 1. The van der Waals surface area contributed by atoms with Crippen LogP contribution < -0.4 is 10.3 Å². The van der Waals surface area contributed by atoms with Gasteiger partial charge in [-0.05, 0) is 43.2 Å². The molecular weight excluding hydrogens is 412 g/mol. The van der Waals surface area contributed by atoms with Crippen molar-refractivity contribution in [1.82, 2.24) is 9.97 Å². The number of carbonyl (C=O) groups excluding carboxylic acids is 1. The summed E-state index contributed by atoms with van der Waals surface area (Å²) < 4.78 is 11.7. The van der Waals surface area contributed by atoms with Crippen LogP contribution in [0.25, 0.3) is 10.9 Å². The second kappa shape index (κ2) is 8.81. The number of aryl methyl sites for hydroxylation is 1. The number of rotatable bonds is 7. The van der Waals surface area contributed by atoms with Crippen LogP contribution >= 0.6 is 15.9 Å². The zero-order valence-corrected chi connectivity index (χ0v) is 16.4. The molecule has 1 N–H and O–H groups in total. The lowest BCUT2D eigenvalue weighted by molar-refractivity contribution is -0.145. The third-order valence-electron chi connectivity index (χ3n) is 3.95. The Balaban J connectivity index is 1.48. The fourth-order valence-electron chi connectivity index (χ4n) is 2.60. The summed E-state index contributed by atoms with van der Waals surface area (Å²) in [5, 5.41) is 0.523. The van der Waals surface area contributed by atoms with Crippen molar-refractivity contribution in [1.29, 1.82) is 0 Å². The molecule has 0 radical (unpaired) electrons. The number of hydrogen-bond donors (Lipinski definition) is 1. The first-order valence-corrected chi connectivity index (χ1v) is 9.35. The Hall–Kier alpha value is -2.67. The van der Waals surface area contributed by atoms with E-state index < -0.39 is 0 Å². The molecule has 0 aliphatic rings. The summed E-state index contributed by atoms with van der Waals surface area (Å²) in [6.45, 7) is 2.23. The molecule has 6 nitrogen and oxygen atoms in total. The van der Waals surface area contributed by atoms with Crippen molar-refractivity contribution in [2.75, 3.05) is 6.61 Å². The standard InChI is InChI=1S/C20H19BrN2O4/c1-13-5-2-8-16-19(13)22-17(23-20(16)25)12-27-18(24)9-4-10-26-15-7-3-6-14(21)11-15/h2-3,5-8,11H,4,9-10,12H2,1H3,(H,22,23,25). The molecule has 0 amide bonds. The summed E-state index contributed by atoms with van der Waals surface area (Å²) in [4.78, 5) is 31.0. The highest BCUT2D eigenvalue weighted by atomic mass is 79.9. The Morgan fingerprint density at radius 2 is 2.04 bits per heavy atom. The number of aromatic nitrogens is 2. The number of nitrogens with one attached hydrogen (secondary N) is 1. The quantitative estimate of drug-likeness (QED) is 0.454. The fraction of sp³-hybridized carbons (Fsp3) is 0.250. The van der Waals surface area contributed by atoms with E-state index in [4.69, 9.17) is 9.47 Å². The fourth-order valence-corrected chi connectivity index (χ4v) is 2.98. The first-order chi connectivity index (χ1) is 13.0. The zero-order chi connectivity index (χ0) is 19.2. The Bertz CT molecular complexity index is 1020. The van der Waals surface area contributed by atoms with E-state index in [9.17, 15) is 9.59 Å². The number of esters is 1. The van der Waals surface area contributed by atoms with Crippen molar-refractivity contribution in [2.24, 2.45) is 0 Å². The van der Waals surface area contributed by atoms with Crippen LogP contribution in [0.5, 0.6) is 5.75 Å². The van der Waals surface area contributed by atoms with Crippen LogP contribution in [0.15, 0.2) is 51.7 Å². The molecule has 0 aliphatic heterocycles. The van der Waals surface area contributed by atoms with Crippen molar-refractivity contribution < 1.29 is 14.3 Å². The van der Waals surface area contributed by atoms with E-state index in [0.29, 0.717) is 29.8 Å². The summed E-state index contributed by atoms with van der Waals surface area (Å²) in [7, 11) is 0. The van der Waals surface area contributed by atoms with Crippen molar-refractivity contribution in [2.45, 2.75) is 26.4 Å². The third-order valence-corrected chi connectivity index (χ3v) is 4.44. The minimum atomic E-state index is -0.361. The number of carbonyl (C=O) groups is 1. The number of ether oxygens (including phenoxy) is 2. The smallest absolute Gasteiger partial charge is 0.306 e. The van der Waals surface area contributed by atoms with Crippen molar-refractivity contribution in [3.63, 3.8) is 0 Å². The number of H-pyrrole nitrogens is 1. The van der Waals surface area contributed by atoms with E-state index in [-0.39, 0.29) is 24.6 Å². The predicted octanol–water partition coefficient (Wildman–Crippen LogP) is 3.90. The van der Waals surface area contributed by atoms with Gasteiger partial charge in [-0.1, -0.05) is 34.1 Å². The van der Waals surface area contributed by atoms with Gasteiger partial charge in [-0.2, -0.15) is 0 Å². The second-order valence-electron chi connectivity index (χ2n) is 6.05. The van der Waals surface area contributed by atoms with E-state index >= 15 is 0 Å². The van der Waals surface area contributed by atoms with Crippen LogP contribution in [-0.2, 0) is 16.1 Å². The van der Waals surface area contributed by atoms with E-state index in [0.717, 1.165) is 15.8 Å². The molecule has 0 saturated heterocycles. The third kappa shape index (κ3) is 5.17. The molecule has 0 aliphatic carbocycles. The number of hydrogen-bond acceptors (Lipinski definition) is 5. The maximum absolute atomic E-state index is 12.1. The number of nitrogens with zero attached hydrogens (tertiary/aromatic N) is 1. The lowest BCUT2D eigenvalue weighted by atomic mass is 10.1. The minimum absolute atomic E-state index is 0.0646.